The average molecular weight is 364 g/mol. The lowest BCUT2D eigenvalue weighted by Gasteiger charge is -2.15. The molecule has 4 rings (SSSR count). The summed E-state index contributed by atoms with van der Waals surface area (Å²) < 4.78 is 12.5. The van der Waals surface area contributed by atoms with Crippen LogP contribution < -0.4 is 15.7 Å². The predicted molar refractivity (Wildman–Crippen MR) is 99.7 cm³/mol. The topological polar surface area (TPSA) is 99.2 Å². The second-order valence-electron chi connectivity index (χ2n) is 6.12. The molecule has 0 bridgehead atoms. The Kier molecular flexibility index (Phi) is 4.08. The quantitative estimate of drug-likeness (QED) is 0.559. The first-order valence-corrected chi connectivity index (χ1v) is 8.30. The van der Waals surface area contributed by atoms with Gasteiger partial charge in [0.1, 0.15) is 16.8 Å². The van der Waals surface area contributed by atoms with Gasteiger partial charge in [0.25, 0.3) is 5.91 Å². The molecule has 1 N–H and O–H groups in total. The molecule has 0 saturated heterocycles. The first-order chi connectivity index (χ1) is 13.0. The standard InChI is InChI=1S/C19H16N4O4/c1-11(26-14-6-3-12-4-8-18(24)27-17(12)10-14)19(25)20-13-5-7-16-15(9-13)21-22-23(16)2/h3-11H,1-2H3,(H,20,25). The zero-order chi connectivity index (χ0) is 19.0. The number of rotatable bonds is 4. The molecule has 0 aliphatic carbocycles. The molecule has 1 unspecified atom stereocenters. The number of carbonyl (C=O) groups is 1. The Bertz CT molecular complexity index is 1210. The van der Waals surface area contributed by atoms with Gasteiger partial charge in [-0.15, -0.1) is 5.10 Å². The summed E-state index contributed by atoms with van der Waals surface area (Å²) in [4.78, 5) is 23.8. The van der Waals surface area contributed by atoms with Crippen LogP contribution in [-0.2, 0) is 11.8 Å². The monoisotopic (exact) mass is 364 g/mol. The molecule has 1 amide bonds. The van der Waals surface area contributed by atoms with E-state index in [1.165, 1.54) is 6.07 Å². The summed E-state index contributed by atoms with van der Waals surface area (Å²) >= 11 is 0. The van der Waals surface area contributed by atoms with Gasteiger partial charge in [0.05, 0.1) is 5.52 Å². The molecule has 2 aromatic carbocycles. The van der Waals surface area contributed by atoms with Gasteiger partial charge in [-0.05, 0) is 43.3 Å². The van der Waals surface area contributed by atoms with Crippen molar-refractivity contribution >= 4 is 33.6 Å². The number of amides is 1. The van der Waals surface area contributed by atoms with E-state index >= 15 is 0 Å². The van der Waals surface area contributed by atoms with E-state index in [4.69, 9.17) is 9.15 Å². The highest BCUT2D eigenvalue weighted by atomic mass is 16.5. The molecule has 136 valence electrons. The average Bonchev–Trinajstić information content (AvgIpc) is 3.01. The van der Waals surface area contributed by atoms with Crippen LogP contribution in [0.2, 0.25) is 0 Å². The maximum atomic E-state index is 12.4. The fraction of sp³-hybridized carbons (Fsp3) is 0.158. The molecule has 1 atom stereocenters. The van der Waals surface area contributed by atoms with Crippen LogP contribution >= 0.6 is 0 Å². The summed E-state index contributed by atoms with van der Waals surface area (Å²) in [6, 6.07) is 13.5. The van der Waals surface area contributed by atoms with Crippen molar-refractivity contribution in [1.82, 2.24) is 15.0 Å². The van der Waals surface area contributed by atoms with Crippen molar-refractivity contribution in [2.45, 2.75) is 13.0 Å². The molecule has 0 saturated carbocycles. The minimum absolute atomic E-state index is 0.312. The molecule has 0 spiro atoms. The predicted octanol–water partition coefficient (Wildman–Crippen LogP) is 2.48. The number of ether oxygens (including phenoxy) is 1. The van der Waals surface area contributed by atoms with Gasteiger partial charge in [-0.3, -0.25) is 4.79 Å². The van der Waals surface area contributed by atoms with Gasteiger partial charge in [0.2, 0.25) is 0 Å². The fourth-order valence-corrected chi connectivity index (χ4v) is 2.73. The molecular formula is C19H16N4O4. The molecule has 0 aliphatic rings. The fourth-order valence-electron chi connectivity index (χ4n) is 2.73. The normalized spacial score (nSPS) is 12.2. The van der Waals surface area contributed by atoms with Gasteiger partial charge in [-0.25, -0.2) is 9.48 Å². The zero-order valence-electron chi connectivity index (χ0n) is 14.7. The van der Waals surface area contributed by atoms with Crippen molar-refractivity contribution in [2.24, 2.45) is 7.05 Å². The van der Waals surface area contributed by atoms with Crippen LogP contribution in [0.15, 0.2) is 57.7 Å². The van der Waals surface area contributed by atoms with Crippen molar-refractivity contribution in [2.75, 3.05) is 5.32 Å². The number of nitrogens with zero attached hydrogens (tertiary/aromatic N) is 3. The number of carbonyl (C=O) groups excluding carboxylic acids is 1. The van der Waals surface area contributed by atoms with Gasteiger partial charge in [-0.1, -0.05) is 5.21 Å². The Labute approximate surface area is 153 Å². The van der Waals surface area contributed by atoms with Gasteiger partial charge < -0.3 is 14.5 Å². The lowest BCUT2D eigenvalue weighted by atomic mass is 10.2. The summed E-state index contributed by atoms with van der Waals surface area (Å²) in [5.74, 6) is 0.122. The van der Waals surface area contributed by atoms with Crippen LogP contribution in [0.5, 0.6) is 5.75 Å². The largest absolute Gasteiger partial charge is 0.481 e. The molecule has 0 aliphatic heterocycles. The van der Waals surface area contributed by atoms with Crippen LogP contribution in [0.1, 0.15) is 6.92 Å². The molecular weight excluding hydrogens is 348 g/mol. The van der Waals surface area contributed by atoms with Crippen molar-refractivity contribution in [3.63, 3.8) is 0 Å². The van der Waals surface area contributed by atoms with Crippen molar-refractivity contribution in [3.8, 4) is 5.75 Å². The Balaban J connectivity index is 1.49. The van der Waals surface area contributed by atoms with Crippen molar-refractivity contribution < 1.29 is 13.9 Å². The third-order valence-electron chi connectivity index (χ3n) is 4.15. The highest BCUT2D eigenvalue weighted by Gasteiger charge is 2.16. The van der Waals surface area contributed by atoms with Gasteiger partial charge in [0.15, 0.2) is 6.10 Å². The molecule has 0 radical (unpaired) electrons. The number of aryl methyl sites for hydroxylation is 1. The van der Waals surface area contributed by atoms with Gasteiger partial charge in [-0.2, -0.15) is 0 Å². The lowest BCUT2D eigenvalue weighted by Crippen LogP contribution is -2.30. The smallest absolute Gasteiger partial charge is 0.336 e. The number of benzene rings is 2. The molecule has 27 heavy (non-hydrogen) atoms. The molecule has 8 heteroatoms. The maximum Gasteiger partial charge on any atom is 0.336 e. The maximum absolute atomic E-state index is 12.4. The molecule has 0 fully saturated rings. The summed E-state index contributed by atoms with van der Waals surface area (Å²) in [5.41, 5.74) is 2.13. The SMILES string of the molecule is CC(Oc1ccc2ccc(=O)oc2c1)C(=O)Nc1ccc2c(c1)nnn2C. The van der Waals surface area contributed by atoms with Gasteiger partial charge in [0, 0.05) is 30.3 Å². The third-order valence-corrected chi connectivity index (χ3v) is 4.15. The van der Waals surface area contributed by atoms with Crippen LogP contribution in [0.3, 0.4) is 0 Å². The second-order valence-corrected chi connectivity index (χ2v) is 6.12. The van der Waals surface area contributed by atoms with Crippen molar-refractivity contribution in [1.29, 1.82) is 0 Å². The van der Waals surface area contributed by atoms with E-state index in [2.05, 4.69) is 15.6 Å². The van der Waals surface area contributed by atoms with E-state index in [1.807, 2.05) is 6.07 Å². The molecule has 8 nitrogen and oxygen atoms in total. The molecule has 2 heterocycles. The van der Waals surface area contributed by atoms with E-state index in [-0.39, 0.29) is 5.91 Å². The van der Waals surface area contributed by atoms with Crippen LogP contribution in [0.25, 0.3) is 22.0 Å². The van der Waals surface area contributed by atoms with Gasteiger partial charge >= 0.3 is 5.63 Å². The Morgan fingerprint density at radius 2 is 2.00 bits per heavy atom. The van der Waals surface area contributed by atoms with E-state index in [0.29, 0.717) is 22.5 Å². The Hall–Kier alpha value is -3.68. The van der Waals surface area contributed by atoms with Crippen LogP contribution in [0.4, 0.5) is 5.69 Å². The molecule has 4 aromatic rings. The summed E-state index contributed by atoms with van der Waals surface area (Å²) in [6.45, 7) is 1.64. The lowest BCUT2D eigenvalue weighted by molar-refractivity contribution is -0.122. The minimum Gasteiger partial charge on any atom is -0.481 e. The summed E-state index contributed by atoms with van der Waals surface area (Å²) in [7, 11) is 1.80. The van der Waals surface area contributed by atoms with Crippen molar-refractivity contribution in [3.05, 3.63) is 59.0 Å². The Morgan fingerprint density at radius 1 is 1.19 bits per heavy atom. The van der Waals surface area contributed by atoms with E-state index < -0.39 is 11.7 Å². The first kappa shape index (κ1) is 16.8. The van der Waals surface area contributed by atoms with E-state index in [9.17, 15) is 9.59 Å². The number of anilines is 1. The Morgan fingerprint density at radius 3 is 2.85 bits per heavy atom. The van der Waals surface area contributed by atoms with Crippen LogP contribution in [0, 0.1) is 0 Å². The number of hydrogen-bond donors (Lipinski definition) is 1. The third kappa shape index (κ3) is 3.37. The van der Waals surface area contributed by atoms with E-state index in [0.717, 1.165) is 10.9 Å². The highest BCUT2D eigenvalue weighted by molar-refractivity contribution is 5.95. The second kappa shape index (κ2) is 6.56. The van der Waals surface area contributed by atoms with Crippen LogP contribution in [-0.4, -0.2) is 27.0 Å². The zero-order valence-corrected chi connectivity index (χ0v) is 14.7. The van der Waals surface area contributed by atoms with E-state index in [1.54, 1.807) is 55.1 Å². The number of aromatic nitrogens is 3. The highest BCUT2D eigenvalue weighted by Crippen LogP contribution is 2.21. The summed E-state index contributed by atoms with van der Waals surface area (Å²) in [6.07, 6.45) is -0.754. The number of fused-ring (bicyclic) bond motifs is 2. The number of nitrogens with one attached hydrogen (secondary N) is 1. The first-order valence-electron chi connectivity index (χ1n) is 8.30. The summed E-state index contributed by atoms with van der Waals surface area (Å²) in [5, 5.41) is 11.5. The molecule has 2 aromatic heterocycles. The minimum atomic E-state index is -0.754. The number of hydrogen-bond acceptors (Lipinski definition) is 6.